The number of carbonyl (C=O) groups is 1. The van der Waals surface area contributed by atoms with Gasteiger partial charge < -0.3 is 5.32 Å². The Hall–Kier alpha value is -0.430. The van der Waals surface area contributed by atoms with Gasteiger partial charge in [-0.05, 0) is 36.3 Å². The monoisotopic (exact) mass is 313 g/mol. The molecule has 0 unspecified atom stereocenters. The summed E-state index contributed by atoms with van der Waals surface area (Å²) in [6, 6.07) is 6.20. The van der Waals surface area contributed by atoms with Gasteiger partial charge in [-0.3, -0.25) is 4.79 Å². The average molecular weight is 313 g/mol. The molecule has 0 saturated carbocycles. The first-order chi connectivity index (χ1) is 8.63. The van der Waals surface area contributed by atoms with E-state index in [1.54, 1.807) is 23.5 Å². The molecule has 1 aromatic carbocycles. The summed E-state index contributed by atoms with van der Waals surface area (Å²) in [5.74, 6) is -0.107. The minimum atomic E-state index is -0.107. The maximum absolute atomic E-state index is 11.6. The first-order valence-electron chi connectivity index (χ1n) is 5.11. The molecule has 0 bridgehead atoms. The molecule has 94 valence electrons. The van der Waals surface area contributed by atoms with Gasteiger partial charge in [0.2, 0.25) is 0 Å². The number of hydrogen-bond donors (Lipinski definition) is 1. The minimum Gasteiger partial charge on any atom is -0.307 e. The molecule has 1 aliphatic rings. The van der Waals surface area contributed by atoms with Crippen LogP contribution >= 0.6 is 47.5 Å². The number of nitrogens with one attached hydrogen (secondary N) is 1. The van der Waals surface area contributed by atoms with Gasteiger partial charge >= 0.3 is 0 Å². The molecule has 1 N–H and O–H groups in total. The first-order valence-corrected chi connectivity index (χ1v) is 8.78. The lowest BCUT2D eigenvalue weighted by Gasteiger charge is -2.05. The van der Waals surface area contributed by atoms with Crippen molar-refractivity contribution in [3.8, 4) is 0 Å². The third kappa shape index (κ3) is 3.12. The molecular weight excluding hydrogens is 302 g/mol. The summed E-state index contributed by atoms with van der Waals surface area (Å²) in [5.41, 5.74) is 1.03. The molecule has 0 atom stereocenters. The van der Waals surface area contributed by atoms with E-state index < -0.39 is 0 Å². The van der Waals surface area contributed by atoms with Gasteiger partial charge in [-0.2, -0.15) is 0 Å². The maximum atomic E-state index is 11.6. The SMILES string of the molecule is CSc1ccc(/C=C2\SC(=S)NC2=O)cc1SC. The predicted octanol–water partition coefficient (Wildman–Crippen LogP) is 3.62. The molecule has 2 rings (SSSR count). The Bertz CT molecular complexity index is 539. The zero-order valence-electron chi connectivity index (χ0n) is 9.85. The van der Waals surface area contributed by atoms with Gasteiger partial charge in [0.25, 0.3) is 5.91 Å². The van der Waals surface area contributed by atoms with Crippen molar-refractivity contribution in [2.24, 2.45) is 0 Å². The van der Waals surface area contributed by atoms with Gasteiger partial charge in [-0.1, -0.05) is 30.0 Å². The van der Waals surface area contributed by atoms with E-state index in [1.807, 2.05) is 12.1 Å². The van der Waals surface area contributed by atoms with E-state index in [-0.39, 0.29) is 5.91 Å². The zero-order chi connectivity index (χ0) is 13.1. The second kappa shape index (κ2) is 6.14. The van der Waals surface area contributed by atoms with E-state index in [2.05, 4.69) is 30.0 Å². The van der Waals surface area contributed by atoms with Crippen molar-refractivity contribution >= 4 is 63.8 Å². The highest BCUT2D eigenvalue weighted by molar-refractivity contribution is 8.26. The van der Waals surface area contributed by atoms with Gasteiger partial charge in [-0.15, -0.1) is 23.5 Å². The van der Waals surface area contributed by atoms with E-state index >= 15 is 0 Å². The standard InChI is InChI=1S/C12H11NOS4/c1-16-8-4-3-7(5-9(8)17-2)6-10-11(14)13-12(15)18-10/h3-6H,1-2H3,(H,13,14,15)/b10-6-. The highest BCUT2D eigenvalue weighted by Gasteiger charge is 2.21. The van der Waals surface area contributed by atoms with Crippen molar-refractivity contribution in [3.63, 3.8) is 0 Å². The fourth-order valence-corrected chi connectivity index (χ4v) is 4.05. The van der Waals surface area contributed by atoms with Crippen molar-refractivity contribution < 1.29 is 4.79 Å². The van der Waals surface area contributed by atoms with Crippen molar-refractivity contribution in [3.05, 3.63) is 28.7 Å². The fourth-order valence-electron chi connectivity index (χ4n) is 1.52. The number of rotatable bonds is 3. The predicted molar refractivity (Wildman–Crippen MR) is 86.3 cm³/mol. The van der Waals surface area contributed by atoms with Crippen molar-refractivity contribution in [1.82, 2.24) is 5.32 Å². The van der Waals surface area contributed by atoms with E-state index in [9.17, 15) is 4.79 Å². The normalized spacial score (nSPS) is 17.3. The average Bonchev–Trinajstić information content (AvgIpc) is 2.67. The van der Waals surface area contributed by atoms with E-state index in [0.717, 1.165) is 5.56 Å². The molecule has 0 spiro atoms. The minimum absolute atomic E-state index is 0.107. The molecule has 1 aliphatic heterocycles. The van der Waals surface area contributed by atoms with Gasteiger partial charge in [0.15, 0.2) is 0 Å². The molecule has 1 aromatic rings. The molecular formula is C12H11NOS4. The van der Waals surface area contributed by atoms with Crippen molar-refractivity contribution in [1.29, 1.82) is 0 Å². The Labute approximate surface area is 124 Å². The molecule has 0 aliphatic carbocycles. The summed E-state index contributed by atoms with van der Waals surface area (Å²) < 4.78 is 0.525. The van der Waals surface area contributed by atoms with Crippen LogP contribution in [0.2, 0.25) is 0 Å². The Balaban J connectivity index is 2.32. The van der Waals surface area contributed by atoms with Crippen LogP contribution in [0.1, 0.15) is 5.56 Å². The van der Waals surface area contributed by atoms with E-state index in [0.29, 0.717) is 9.23 Å². The Morgan fingerprint density at radius 1 is 1.28 bits per heavy atom. The number of thioether (sulfide) groups is 3. The maximum Gasteiger partial charge on any atom is 0.263 e. The summed E-state index contributed by atoms with van der Waals surface area (Å²) in [6.45, 7) is 0. The van der Waals surface area contributed by atoms with Gasteiger partial charge in [0, 0.05) is 9.79 Å². The van der Waals surface area contributed by atoms with Crippen LogP contribution in [0.25, 0.3) is 6.08 Å². The quantitative estimate of drug-likeness (QED) is 0.523. The Kier molecular flexibility index (Phi) is 4.77. The van der Waals surface area contributed by atoms with Crippen LogP contribution in [-0.2, 0) is 4.79 Å². The topological polar surface area (TPSA) is 29.1 Å². The van der Waals surface area contributed by atoms with Crippen molar-refractivity contribution in [2.45, 2.75) is 9.79 Å². The van der Waals surface area contributed by atoms with Gasteiger partial charge in [0.1, 0.15) is 4.32 Å². The molecule has 1 saturated heterocycles. The molecule has 6 heteroatoms. The van der Waals surface area contributed by atoms with E-state index in [4.69, 9.17) is 12.2 Å². The van der Waals surface area contributed by atoms with Gasteiger partial charge in [-0.25, -0.2) is 0 Å². The lowest BCUT2D eigenvalue weighted by molar-refractivity contribution is -0.115. The molecule has 1 fully saturated rings. The first kappa shape index (κ1) is 14.0. The smallest absolute Gasteiger partial charge is 0.263 e. The fraction of sp³-hybridized carbons (Fsp3) is 0.167. The molecule has 1 amide bonds. The van der Waals surface area contributed by atoms with Crippen LogP contribution < -0.4 is 5.32 Å². The molecule has 1 heterocycles. The van der Waals surface area contributed by atoms with Crippen LogP contribution in [0.5, 0.6) is 0 Å². The number of thiocarbonyl (C=S) groups is 1. The summed E-state index contributed by atoms with van der Waals surface area (Å²) in [5, 5.41) is 2.62. The second-order valence-corrected chi connectivity index (χ2v) is 6.88. The number of amides is 1. The third-order valence-corrected chi connectivity index (χ3v) is 5.21. The highest BCUT2D eigenvalue weighted by atomic mass is 32.2. The molecule has 2 nitrogen and oxygen atoms in total. The summed E-state index contributed by atoms with van der Waals surface area (Å²) in [6.07, 6.45) is 5.99. The third-order valence-electron chi connectivity index (χ3n) is 2.35. The van der Waals surface area contributed by atoms with Crippen LogP contribution in [-0.4, -0.2) is 22.7 Å². The van der Waals surface area contributed by atoms with Crippen molar-refractivity contribution in [2.75, 3.05) is 12.5 Å². The number of carbonyl (C=O) groups excluding carboxylic acids is 1. The van der Waals surface area contributed by atoms with Crippen LogP contribution in [0, 0.1) is 0 Å². The molecule has 0 aromatic heterocycles. The number of hydrogen-bond acceptors (Lipinski definition) is 5. The molecule has 18 heavy (non-hydrogen) atoms. The lowest BCUT2D eigenvalue weighted by Crippen LogP contribution is -2.17. The molecule has 0 radical (unpaired) electrons. The number of benzene rings is 1. The lowest BCUT2D eigenvalue weighted by atomic mass is 10.2. The van der Waals surface area contributed by atoms with Crippen LogP contribution in [0.15, 0.2) is 32.9 Å². The van der Waals surface area contributed by atoms with E-state index in [1.165, 1.54) is 21.6 Å². The highest BCUT2D eigenvalue weighted by Crippen LogP contribution is 2.31. The Morgan fingerprint density at radius 3 is 2.56 bits per heavy atom. The largest absolute Gasteiger partial charge is 0.307 e. The second-order valence-electron chi connectivity index (χ2n) is 3.47. The summed E-state index contributed by atoms with van der Waals surface area (Å²) in [7, 11) is 0. The summed E-state index contributed by atoms with van der Waals surface area (Å²) >= 11 is 9.71. The van der Waals surface area contributed by atoms with Crippen LogP contribution in [0.3, 0.4) is 0 Å². The zero-order valence-corrected chi connectivity index (χ0v) is 13.1. The van der Waals surface area contributed by atoms with Gasteiger partial charge in [0.05, 0.1) is 4.91 Å². The summed E-state index contributed by atoms with van der Waals surface area (Å²) in [4.78, 5) is 14.7. The van der Waals surface area contributed by atoms with Crippen LogP contribution in [0.4, 0.5) is 0 Å². The Morgan fingerprint density at radius 2 is 2.00 bits per heavy atom.